The van der Waals surface area contributed by atoms with Gasteiger partial charge in [0.15, 0.2) is 0 Å². The van der Waals surface area contributed by atoms with Gasteiger partial charge in [0.25, 0.3) is 0 Å². The summed E-state index contributed by atoms with van der Waals surface area (Å²) in [6.45, 7) is 11.8. The predicted octanol–water partition coefficient (Wildman–Crippen LogP) is -6.39. The van der Waals surface area contributed by atoms with Gasteiger partial charge in [0.2, 0.25) is 82.7 Å². The number of aliphatic hydroxyl groups excluding tert-OH is 1. The molecule has 21 N–H and O–H groups in total. The normalized spacial score (nSPS) is 15.5. The first-order valence-corrected chi connectivity index (χ1v) is 32.4. The standard InChI is InChI=1S/C58H93N15O20S3/c1-10-27(6)45(71-41(77)20-59)57(91)73-44(26(4)5)55(89)65-34(16-18-42(78)79)49(83)64-33(15-17-40(60)76)50(84)68-39(24-96)54(88)69-37(22-94)52(86)63-30(9)48(82)67-36(21-74)51(85)72-43(25(2)3)56(90)70-38(23-95)53(87)62-28(7)46(80)61-29(8)47(81)66-35(58(92)93)19-31-11-13-32(75)14-12-31/h11-14,25-30,33-39,43-45,74-75,94-96H,10,15-24,59H2,1-9H3,(H2,60,76)(H,61,80)(H,62,87)(H,63,86)(H,64,83)(H,65,89)(H,66,81)(H,67,82)(H,68,84)(H,69,88)(H,70,90)(H,71,77)(H,72,85)(H,73,91)(H,78,79)(H,92,93)/t27-,28-,29-,30-,33-,34-,35-,36-,37-,38-,39-,43-,44-,45-/m0/s1. The Bertz CT molecular complexity index is 2910. The van der Waals surface area contributed by atoms with Crippen LogP contribution in [0.5, 0.6) is 5.75 Å². The summed E-state index contributed by atoms with van der Waals surface area (Å²) in [6, 6.07) is -13.6. The molecule has 38 heteroatoms. The molecule has 0 bridgehead atoms. The number of aromatic hydroxyl groups is 1. The van der Waals surface area contributed by atoms with Crippen LogP contribution < -0.4 is 80.6 Å². The Morgan fingerprint density at radius 1 is 0.427 bits per heavy atom. The summed E-state index contributed by atoms with van der Waals surface area (Å²) in [5, 5.41) is 69.8. The molecule has 1 aromatic rings. The highest BCUT2D eigenvalue weighted by Gasteiger charge is 2.38. The molecule has 0 aliphatic rings. The fourth-order valence-corrected chi connectivity index (χ4v) is 9.31. The number of carbonyl (C=O) groups excluding carboxylic acids is 14. The molecule has 14 amide bonds. The number of phenols is 1. The van der Waals surface area contributed by atoms with E-state index < -0.39 is 241 Å². The summed E-state index contributed by atoms with van der Waals surface area (Å²) in [7, 11) is 0. The van der Waals surface area contributed by atoms with E-state index in [1.54, 1.807) is 27.7 Å². The first kappa shape index (κ1) is 85.5. The Labute approximate surface area is 570 Å². The third-order valence-electron chi connectivity index (χ3n) is 14.6. The number of benzene rings is 1. The molecule has 35 nitrogen and oxygen atoms in total. The SMILES string of the molecule is CC[C@H](C)[C@H](NC(=O)CN)C(=O)N[C@H](C(=O)N[C@@H](CCC(=O)O)C(=O)N[C@@H](CCC(N)=O)C(=O)N[C@@H](CS)C(=O)N[C@@H](CS)C(=O)N[C@@H](C)C(=O)N[C@@H](CO)C(=O)N[C@H](C(=O)N[C@@H](CS)C(=O)N[C@@H](C)C(=O)N[C@@H](C)C(=O)N[C@@H](Cc1ccc(O)cc1)C(=O)O)C(C)C)C(C)C. The van der Waals surface area contributed by atoms with Crippen LogP contribution in [0.3, 0.4) is 0 Å². The molecule has 1 rings (SSSR count). The summed E-state index contributed by atoms with van der Waals surface area (Å²) in [5.74, 6) is -19.3. The van der Waals surface area contributed by atoms with Crippen LogP contribution in [0, 0.1) is 17.8 Å². The van der Waals surface area contributed by atoms with Crippen LogP contribution in [0.4, 0.5) is 0 Å². The summed E-state index contributed by atoms with van der Waals surface area (Å²) in [5.41, 5.74) is 11.3. The third kappa shape index (κ3) is 29.7. The molecule has 0 saturated heterocycles. The molecule has 0 spiro atoms. The molecule has 14 atom stereocenters. The quantitative estimate of drug-likeness (QED) is 0.0270. The largest absolute Gasteiger partial charge is 0.508 e. The van der Waals surface area contributed by atoms with Gasteiger partial charge < -0.3 is 101 Å². The molecule has 538 valence electrons. The molecular weight excluding hydrogens is 1320 g/mol. The van der Waals surface area contributed by atoms with Gasteiger partial charge in [0.1, 0.15) is 84.3 Å². The number of thiol groups is 3. The van der Waals surface area contributed by atoms with Gasteiger partial charge in [-0.25, -0.2) is 4.79 Å². The van der Waals surface area contributed by atoms with Gasteiger partial charge in [-0.1, -0.05) is 60.1 Å². The number of phenolic OH excluding ortho intramolecular Hbond substituents is 1. The second-order valence-electron chi connectivity index (χ2n) is 23.1. The smallest absolute Gasteiger partial charge is 0.326 e. The highest BCUT2D eigenvalue weighted by Crippen LogP contribution is 2.14. The number of amides is 14. The Hall–Kier alpha value is -8.49. The van der Waals surface area contributed by atoms with Crippen molar-refractivity contribution in [2.75, 3.05) is 30.4 Å². The summed E-state index contributed by atoms with van der Waals surface area (Å²) in [4.78, 5) is 210. The van der Waals surface area contributed by atoms with E-state index in [4.69, 9.17) is 11.5 Å². The second kappa shape index (κ2) is 42.8. The topological polar surface area (TPSA) is 562 Å². The minimum Gasteiger partial charge on any atom is -0.508 e. The van der Waals surface area contributed by atoms with Crippen molar-refractivity contribution in [2.24, 2.45) is 29.2 Å². The van der Waals surface area contributed by atoms with Crippen LogP contribution in [0.1, 0.15) is 100.0 Å². The Morgan fingerprint density at radius 3 is 1.15 bits per heavy atom. The maximum atomic E-state index is 13.9. The minimum absolute atomic E-state index is 0.0539. The van der Waals surface area contributed by atoms with Crippen molar-refractivity contribution < 1.29 is 97.1 Å². The molecule has 0 aliphatic heterocycles. The number of nitrogens with two attached hydrogens (primary N) is 2. The molecule has 96 heavy (non-hydrogen) atoms. The average Bonchev–Trinajstić information content (AvgIpc) is 1.08. The highest BCUT2D eigenvalue weighted by molar-refractivity contribution is 7.80. The lowest BCUT2D eigenvalue weighted by Crippen LogP contribution is -2.62. The number of hydrogen-bond acceptors (Lipinski definition) is 22. The van der Waals surface area contributed by atoms with E-state index in [1.807, 2.05) is 0 Å². The average molecular weight is 1420 g/mol. The molecule has 0 saturated carbocycles. The number of hydrogen-bond donors (Lipinski definition) is 22. The Balaban J connectivity index is 3.11. The van der Waals surface area contributed by atoms with Crippen molar-refractivity contribution in [3.63, 3.8) is 0 Å². The molecule has 0 radical (unpaired) electrons. The predicted molar refractivity (Wildman–Crippen MR) is 354 cm³/mol. The first-order valence-electron chi connectivity index (χ1n) is 30.5. The van der Waals surface area contributed by atoms with Crippen molar-refractivity contribution >= 4 is 133 Å². The number of rotatable bonds is 43. The molecule has 0 aliphatic carbocycles. The number of aliphatic carboxylic acids is 2. The third-order valence-corrected chi connectivity index (χ3v) is 15.7. The van der Waals surface area contributed by atoms with Crippen molar-refractivity contribution in [1.29, 1.82) is 0 Å². The van der Waals surface area contributed by atoms with Gasteiger partial charge in [-0.15, -0.1) is 0 Å². The molecule has 0 heterocycles. The van der Waals surface area contributed by atoms with Crippen molar-refractivity contribution in [1.82, 2.24) is 69.1 Å². The number of aliphatic hydroxyl groups is 1. The van der Waals surface area contributed by atoms with Crippen LogP contribution in [0.25, 0.3) is 0 Å². The lowest BCUT2D eigenvalue weighted by Gasteiger charge is -2.29. The number of carbonyl (C=O) groups is 16. The van der Waals surface area contributed by atoms with E-state index in [0.29, 0.717) is 12.0 Å². The summed E-state index contributed by atoms with van der Waals surface area (Å²) < 4.78 is 0. The lowest BCUT2D eigenvalue weighted by atomic mass is 9.96. The highest BCUT2D eigenvalue weighted by atomic mass is 32.1. The molecule has 0 unspecified atom stereocenters. The van der Waals surface area contributed by atoms with Gasteiger partial charge in [-0.3, -0.25) is 71.9 Å². The van der Waals surface area contributed by atoms with Crippen LogP contribution >= 0.6 is 37.9 Å². The van der Waals surface area contributed by atoms with E-state index in [1.165, 1.54) is 52.0 Å². The van der Waals surface area contributed by atoms with Crippen molar-refractivity contribution in [2.45, 2.75) is 179 Å². The van der Waals surface area contributed by atoms with Gasteiger partial charge in [0, 0.05) is 36.5 Å². The lowest BCUT2D eigenvalue weighted by molar-refractivity contribution is -0.142. The maximum absolute atomic E-state index is 13.9. The van der Waals surface area contributed by atoms with Gasteiger partial charge in [0.05, 0.1) is 13.2 Å². The van der Waals surface area contributed by atoms with Crippen LogP contribution in [0.15, 0.2) is 24.3 Å². The van der Waals surface area contributed by atoms with Gasteiger partial charge >= 0.3 is 11.9 Å². The first-order chi connectivity index (χ1) is 44.9. The zero-order valence-corrected chi connectivity index (χ0v) is 57.3. The van der Waals surface area contributed by atoms with E-state index >= 15 is 0 Å². The van der Waals surface area contributed by atoms with Crippen LogP contribution in [-0.2, 0) is 83.1 Å². The molecule has 0 fully saturated rings. The number of carboxylic acid groups (broad SMARTS) is 2. The van der Waals surface area contributed by atoms with Crippen LogP contribution in [-0.4, -0.2) is 224 Å². The van der Waals surface area contributed by atoms with Crippen molar-refractivity contribution in [3.8, 4) is 5.75 Å². The van der Waals surface area contributed by atoms with Crippen LogP contribution in [0.2, 0.25) is 0 Å². The number of nitrogens with one attached hydrogen (secondary N) is 13. The zero-order valence-electron chi connectivity index (χ0n) is 54.6. The van der Waals surface area contributed by atoms with Crippen molar-refractivity contribution in [3.05, 3.63) is 29.8 Å². The monoisotopic (exact) mass is 1420 g/mol. The van der Waals surface area contributed by atoms with E-state index in [-0.39, 0.29) is 17.9 Å². The fraction of sp³-hybridized carbons (Fsp3) is 0.621. The number of carboxylic acids is 2. The van der Waals surface area contributed by atoms with E-state index in [9.17, 15) is 97.1 Å². The fourth-order valence-electron chi connectivity index (χ4n) is 8.53. The number of primary amides is 1. The second-order valence-corrected chi connectivity index (χ2v) is 24.2. The Morgan fingerprint density at radius 2 is 0.760 bits per heavy atom. The molecule has 1 aromatic carbocycles. The maximum Gasteiger partial charge on any atom is 0.326 e. The minimum atomic E-state index is -1.76. The molecular formula is C58H93N15O20S3. The van der Waals surface area contributed by atoms with Gasteiger partial charge in [-0.05, 0) is 69.1 Å². The van der Waals surface area contributed by atoms with E-state index in [2.05, 4.69) is 107 Å². The molecule has 0 aromatic heterocycles. The summed E-state index contributed by atoms with van der Waals surface area (Å²) in [6.07, 6.45) is -1.99. The van der Waals surface area contributed by atoms with Gasteiger partial charge in [-0.2, -0.15) is 37.9 Å². The zero-order chi connectivity index (χ0) is 73.4. The van der Waals surface area contributed by atoms with E-state index in [0.717, 1.165) is 6.92 Å². The summed E-state index contributed by atoms with van der Waals surface area (Å²) >= 11 is 12.4. The Kier molecular flexibility index (Phi) is 38.2.